The molecule has 0 aromatic heterocycles. The fourth-order valence-corrected chi connectivity index (χ4v) is 2.03. The van der Waals surface area contributed by atoms with Crippen LogP contribution in [0.2, 0.25) is 5.02 Å². The van der Waals surface area contributed by atoms with Gasteiger partial charge in [0.2, 0.25) is 0 Å². The molecule has 3 nitrogen and oxygen atoms in total. The molecule has 2 rings (SSSR count). The van der Waals surface area contributed by atoms with Gasteiger partial charge in [-0.2, -0.15) is 0 Å². The summed E-state index contributed by atoms with van der Waals surface area (Å²) in [5.74, 6) is 0.675. The van der Waals surface area contributed by atoms with E-state index in [4.69, 9.17) is 26.2 Å². The SMILES string of the molecule is CCOc1cc(CO)ccc1OCc1ccc(F)c(Cl)c1. The molecule has 0 heterocycles. The summed E-state index contributed by atoms with van der Waals surface area (Å²) in [5, 5.41) is 9.21. The maximum absolute atomic E-state index is 13.1. The van der Waals surface area contributed by atoms with Gasteiger partial charge in [-0.15, -0.1) is 0 Å². The minimum Gasteiger partial charge on any atom is -0.490 e. The van der Waals surface area contributed by atoms with Crippen LogP contribution >= 0.6 is 11.6 Å². The quantitative estimate of drug-likeness (QED) is 0.878. The van der Waals surface area contributed by atoms with E-state index < -0.39 is 5.82 Å². The molecule has 0 aliphatic carbocycles. The lowest BCUT2D eigenvalue weighted by Crippen LogP contribution is -2.00. The molecular formula is C16H16ClFO3. The molecule has 2 aromatic carbocycles. The van der Waals surface area contributed by atoms with Gasteiger partial charge in [0, 0.05) is 0 Å². The number of ether oxygens (including phenoxy) is 2. The van der Waals surface area contributed by atoms with Crippen molar-refractivity contribution >= 4 is 11.6 Å². The number of hydrogen-bond donors (Lipinski definition) is 1. The van der Waals surface area contributed by atoms with Gasteiger partial charge >= 0.3 is 0 Å². The average Bonchev–Trinajstić information content (AvgIpc) is 2.49. The van der Waals surface area contributed by atoms with E-state index in [0.717, 1.165) is 11.1 Å². The van der Waals surface area contributed by atoms with Crippen molar-refractivity contribution in [2.45, 2.75) is 20.1 Å². The van der Waals surface area contributed by atoms with Crippen LogP contribution in [0.3, 0.4) is 0 Å². The normalized spacial score (nSPS) is 10.5. The third-order valence-corrected chi connectivity index (χ3v) is 3.16. The lowest BCUT2D eigenvalue weighted by Gasteiger charge is -2.13. The largest absolute Gasteiger partial charge is 0.490 e. The van der Waals surface area contributed by atoms with Gasteiger partial charge in [-0.25, -0.2) is 4.39 Å². The van der Waals surface area contributed by atoms with Crippen molar-refractivity contribution in [1.29, 1.82) is 0 Å². The highest BCUT2D eigenvalue weighted by Gasteiger charge is 2.08. The van der Waals surface area contributed by atoms with E-state index >= 15 is 0 Å². The third kappa shape index (κ3) is 4.09. The molecule has 112 valence electrons. The first-order chi connectivity index (χ1) is 10.1. The monoisotopic (exact) mass is 310 g/mol. The second-order valence-corrected chi connectivity index (χ2v) is 4.82. The molecule has 0 unspecified atom stereocenters. The summed E-state index contributed by atoms with van der Waals surface area (Å²) in [6.45, 7) is 2.55. The number of rotatable bonds is 6. The Bertz CT molecular complexity index is 616. The number of halogens is 2. The summed E-state index contributed by atoms with van der Waals surface area (Å²) >= 11 is 5.73. The van der Waals surface area contributed by atoms with Crippen LogP contribution < -0.4 is 9.47 Å². The van der Waals surface area contributed by atoms with Crippen LogP contribution in [0.4, 0.5) is 4.39 Å². The van der Waals surface area contributed by atoms with Crippen LogP contribution in [-0.2, 0) is 13.2 Å². The van der Waals surface area contributed by atoms with Crippen molar-refractivity contribution in [3.63, 3.8) is 0 Å². The molecule has 0 fully saturated rings. The Hall–Kier alpha value is -1.78. The van der Waals surface area contributed by atoms with Crippen molar-refractivity contribution in [3.8, 4) is 11.5 Å². The molecule has 0 atom stereocenters. The number of benzene rings is 2. The van der Waals surface area contributed by atoms with E-state index in [1.165, 1.54) is 12.1 Å². The Labute approximate surface area is 127 Å². The van der Waals surface area contributed by atoms with Crippen LogP contribution in [0.25, 0.3) is 0 Å². The van der Waals surface area contributed by atoms with Crippen LogP contribution in [-0.4, -0.2) is 11.7 Å². The Kier molecular flexibility index (Phi) is 5.42. The molecule has 0 radical (unpaired) electrons. The van der Waals surface area contributed by atoms with Crippen LogP contribution in [0.1, 0.15) is 18.1 Å². The zero-order valence-electron chi connectivity index (χ0n) is 11.6. The molecule has 0 aliphatic rings. The highest BCUT2D eigenvalue weighted by molar-refractivity contribution is 6.30. The Balaban J connectivity index is 2.13. The molecule has 21 heavy (non-hydrogen) atoms. The van der Waals surface area contributed by atoms with E-state index in [1.54, 1.807) is 24.3 Å². The molecule has 0 spiro atoms. The van der Waals surface area contributed by atoms with Crippen molar-refractivity contribution < 1.29 is 19.0 Å². The molecular weight excluding hydrogens is 295 g/mol. The highest BCUT2D eigenvalue weighted by Crippen LogP contribution is 2.29. The minimum absolute atomic E-state index is 0.0616. The summed E-state index contributed by atoms with van der Waals surface area (Å²) in [6.07, 6.45) is 0. The first-order valence-corrected chi connectivity index (χ1v) is 6.95. The zero-order chi connectivity index (χ0) is 15.2. The molecule has 5 heteroatoms. The summed E-state index contributed by atoms with van der Waals surface area (Å²) in [5.41, 5.74) is 1.51. The summed E-state index contributed by atoms with van der Waals surface area (Å²) in [6, 6.07) is 9.68. The van der Waals surface area contributed by atoms with Gasteiger partial charge in [0.1, 0.15) is 12.4 Å². The van der Waals surface area contributed by atoms with Gasteiger partial charge in [0.15, 0.2) is 11.5 Å². The zero-order valence-corrected chi connectivity index (χ0v) is 12.4. The van der Waals surface area contributed by atoms with Gasteiger partial charge in [-0.1, -0.05) is 23.7 Å². The minimum atomic E-state index is -0.456. The topological polar surface area (TPSA) is 38.7 Å². The molecule has 0 aliphatic heterocycles. The van der Waals surface area contributed by atoms with Crippen molar-refractivity contribution in [1.82, 2.24) is 0 Å². The average molecular weight is 311 g/mol. The smallest absolute Gasteiger partial charge is 0.161 e. The van der Waals surface area contributed by atoms with Gasteiger partial charge in [0.25, 0.3) is 0 Å². The lowest BCUT2D eigenvalue weighted by atomic mass is 10.2. The Morgan fingerprint density at radius 1 is 1.05 bits per heavy atom. The Morgan fingerprint density at radius 3 is 2.48 bits per heavy atom. The van der Waals surface area contributed by atoms with E-state index in [9.17, 15) is 4.39 Å². The molecule has 0 bridgehead atoms. The number of hydrogen-bond acceptors (Lipinski definition) is 3. The van der Waals surface area contributed by atoms with E-state index in [0.29, 0.717) is 18.1 Å². The first-order valence-electron chi connectivity index (χ1n) is 6.57. The molecule has 0 amide bonds. The highest BCUT2D eigenvalue weighted by atomic mass is 35.5. The predicted octanol–water partition coefficient (Wildman–Crippen LogP) is 3.95. The third-order valence-electron chi connectivity index (χ3n) is 2.87. The van der Waals surface area contributed by atoms with Gasteiger partial charge < -0.3 is 14.6 Å². The summed E-state index contributed by atoms with van der Waals surface area (Å²) in [7, 11) is 0. The summed E-state index contributed by atoms with van der Waals surface area (Å²) < 4.78 is 24.3. The Morgan fingerprint density at radius 2 is 1.81 bits per heavy atom. The van der Waals surface area contributed by atoms with E-state index in [2.05, 4.69) is 0 Å². The van der Waals surface area contributed by atoms with Crippen molar-refractivity contribution in [2.24, 2.45) is 0 Å². The van der Waals surface area contributed by atoms with Gasteiger partial charge in [-0.3, -0.25) is 0 Å². The van der Waals surface area contributed by atoms with Crippen LogP contribution in [0.5, 0.6) is 11.5 Å². The first kappa shape index (κ1) is 15.6. The van der Waals surface area contributed by atoms with E-state index in [1.807, 2.05) is 6.92 Å². The molecule has 1 N–H and O–H groups in total. The van der Waals surface area contributed by atoms with Crippen molar-refractivity contribution in [3.05, 3.63) is 58.4 Å². The maximum atomic E-state index is 13.1. The second kappa shape index (κ2) is 7.29. The lowest BCUT2D eigenvalue weighted by molar-refractivity contribution is 0.263. The molecule has 0 saturated heterocycles. The standard InChI is InChI=1S/C16H16ClFO3/c1-2-20-16-8-11(9-19)4-6-15(16)21-10-12-3-5-14(18)13(17)7-12/h3-8,19H,2,9-10H2,1H3. The maximum Gasteiger partial charge on any atom is 0.161 e. The van der Waals surface area contributed by atoms with Crippen LogP contribution in [0.15, 0.2) is 36.4 Å². The van der Waals surface area contributed by atoms with E-state index in [-0.39, 0.29) is 18.2 Å². The molecule has 0 saturated carbocycles. The fourth-order valence-electron chi connectivity index (χ4n) is 1.83. The van der Waals surface area contributed by atoms with Crippen molar-refractivity contribution in [2.75, 3.05) is 6.61 Å². The fraction of sp³-hybridized carbons (Fsp3) is 0.250. The molecule has 2 aromatic rings. The van der Waals surface area contributed by atoms with Gasteiger partial charge in [0.05, 0.1) is 18.2 Å². The van der Waals surface area contributed by atoms with Crippen LogP contribution in [0, 0.1) is 5.82 Å². The summed E-state index contributed by atoms with van der Waals surface area (Å²) in [4.78, 5) is 0. The van der Waals surface area contributed by atoms with Gasteiger partial charge in [-0.05, 0) is 42.3 Å². The second-order valence-electron chi connectivity index (χ2n) is 4.41. The predicted molar refractivity (Wildman–Crippen MR) is 79.3 cm³/mol. The number of aliphatic hydroxyl groups excluding tert-OH is 1. The number of aliphatic hydroxyl groups is 1.